The largest absolute Gasteiger partial charge is 0.495 e. The highest BCUT2D eigenvalue weighted by Gasteiger charge is 2.14. The molecular formula is C14H11Cl2NO2. The van der Waals surface area contributed by atoms with E-state index < -0.39 is 0 Å². The van der Waals surface area contributed by atoms with Crippen LogP contribution in [-0.4, -0.2) is 12.9 Å². The molecule has 0 aliphatic heterocycles. The van der Waals surface area contributed by atoms with E-state index in [0.29, 0.717) is 32.6 Å². The maximum Gasteiger partial charge on any atom is 0.194 e. The molecule has 0 aliphatic rings. The maximum atomic E-state index is 12.3. The van der Waals surface area contributed by atoms with Crippen LogP contribution in [0, 0.1) is 0 Å². The molecule has 0 aromatic heterocycles. The Labute approximate surface area is 120 Å². The van der Waals surface area contributed by atoms with Gasteiger partial charge in [-0.25, -0.2) is 0 Å². The van der Waals surface area contributed by atoms with Crippen molar-refractivity contribution in [2.24, 2.45) is 0 Å². The van der Waals surface area contributed by atoms with Gasteiger partial charge in [0.1, 0.15) is 5.75 Å². The number of halogens is 2. The summed E-state index contributed by atoms with van der Waals surface area (Å²) >= 11 is 12.0. The third-order valence-corrected chi connectivity index (χ3v) is 3.26. The van der Waals surface area contributed by atoms with Gasteiger partial charge in [-0.15, -0.1) is 0 Å². The van der Waals surface area contributed by atoms with E-state index in [0.717, 1.165) is 0 Å². The Hall–Kier alpha value is -1.71. The first-order valence-corrected chi connectivity index (χ1v) is 6.22. The molecule has 2 N–H and O–H groups in total. The van der Waals surface area contributed by atoms with E-state index in [4.69, 9.17) is 33.7 Å². The van der Waals surface area contributed by atoms with E-state index in [2.05, 4.69) is 0 Å². The third kappa shape index (κ3) is 2.83. The molecule has 0 spiro atoms. The molecule has 0 unspecified atom stereocenters. The molecule has 5 heteroatoms. The van der Waals surface area contributed by atoms with E-state index in [1.807, 2.05) is 0 Å². The molecular weight excluding hydrogens is 285 g/mol. The van der Waals surface area contributed by atoms with Gasteiger partial charge < -0.3 is 10.5 Å². The minimum absolute atomic E-state index is 0.213. The Bertz CT molecular complexity index is 641. The summed E-state index contributed by atoms with van der Waals surface area (Å²) in [7, 11) is 1.51. The number of methoxy groups -OCH3 is 1. The van der Waals surface area contributed by atoms with Gasteiger partial charge in [0.15, 0.2) is 5.78 Å². The fourth-order valence-corrected chi connectivity index (χ4v) is 2.21. The van der Waals surface area contributed by atoms with Gasteiger partial charge in [-0.05, 0) is 36.4 Å². The van der Waals surface area contributed by atoms with Crippen molar-refractivity contribution < 1.29 is 9.53 Å². The summed E-state index contributed by atoms with van der Waals surface area (Å²) in [5.74, 6) is 0.302. The zero-order valence-electron chi connectivity index (χ0n) is 10.1. The van der Waals surface area contributed by atoms with Gasteiger partial charge in [0, 0.05) is 16.8 Å². The second-order valence-corrected chi connectivity index (χ2v) is 4.73. The van der Waals surface area contributed by atoms with Crippen LogP contribution in [0.4, 0.5) is 5.69 Å². The van der Waals surface area contributed by atoms with Crippen LogP contribution in [0.3, 0.4) is 0 Å². The lowest BCUT2D eigenvalue weighted by Crippen LogP contribution is -2.03. The lowest BCUT2D eigenvalue weighted by Gasteiger charge is -2.07. The van der Waals surface area contributed by atoms with Crippen LogP contribution in [0.5, 0.6) is 5.75 Å². The minimum atomic E-state index is -0.213. The Balaban J connectivity index is 2.41. The second-order valence-electron chi connectivity index (χ2n) is 3.92. The van der Waals surface area contributed by atoms with Gasteiger partial charge in [0.05, 0.1) is 17.2 Å². The predicted octanol–water partition coefficient (Wildman–Crippen LogP) is 3.82. The molecule has 2 aromatic carbocycles. The number of rotatable bonds is 3. The van der Waals surface area contributed by atoms with Crippen molar-refractivity contribution in [2.45, 2.75) is 0 Å². The highest BCUT2D eigenvalue weighted by molar-refractivity contribution is 6.36. The van der Waals surface area contributed by atoms with E-state index in [1.54, 1.807) is 36.4 Å². The first kappa shape index (κ1) is 13.7. The van der Waals surface area contributed by atoms with Crippen molar-refractivity contribution in [1.29, 1.82) is 0 Å². The average molecular weight is 296 g/mol. The number of nitrogens with two attached hydrogens (primary N) is 1. The van der Waals surface area contributed by atoms with Gasteiger partial charge in [-0.1, -0.05) is 23.2 Å². The highest BCUT2D eigenvalue weighted by atomic mass is 35.5. The Kier molecular flexibility index (Phi) is 3.98. The van der Waals surface area contributed by atoms with Crippen molar-refractivity contribution in [3.8, 4) is 5.75 Å². The lowest BCUT2D eigenvalue weighted by molar-refractivity contribution is 0.103. The summed E-state index contributed by atoms with van der Waals surface area (Å²) in [5, 5.41) is 0.692. The lowest BCUT2D eigenvalue weighted by atomic mass is 10.0. The summed E-state index contributed by atoms with van der Waals surface area (Å²) in [6, 6.07) is 9.60. The number of nitrogen functional groups attached to an aromatic ring is 1. The summed E-state index contributed by atoms with van der Waals surface area (Å²) < 4.78 is 5.04. The number of ether oxygens (including phenoxy) is 1. The predicted molar refractivity (Wildman–Crippen MR) is 77.3 cm³/mol. The molecule has 19 heavy (non-hydrogen) atoms. The van der Waals surface area contributed by atoms with Crippen molar-refractivity contribution >= 4 is 34.7 Å². The van der Waals surface area contributed by atoms with E-state index in [1.165, 1.54) is 7.11 Å². The molecule has 0 heterocycles. The van der Waals surface area contributed by atoms with E-state index in [9.17, 15) is 4.79 Å². The zero-order chi connectivity index (χ0) is 14.0. The molecule has 0 saturated carbocycles. The highest BCUT2D eigenvalue weighted by Crippen LogP contribution is 2.28. The number of anilines is 1. The monoisotopic (exact) mass is 295 g/mol. The van der Waals surface area contributed by atoms with Gasteiger partial charge in [0.25, 0.3) is 0 Å². The summed E-state index contributed by atoms with van der Waals surface area (Å²) in [6.45, 7) is 0. The molecule has 0 bridgehead atoms. The molecule has 0 saturated heterocycles. The molecule has 0 atom stereocenters. The van der Waals surface area contributed by atoms with Crippen molar-refractivity contribution in [3.63, 3.8) is 0 Å². The molecule has 0 fully saturated rings. The van der Waals surface area contributed by atoms with E-state index >= 15 is 0 Å². The fourth-order valence-electron chi connectivity index (χ4n) is 1.68. The molecule has 2 aromatic rings. The number of carbonyl (C=O) groups excluding carboxylic acids is 1. The third-order valence-electron chi connectivity index (χ3n) is 2.65. The van der Waals surface area contributed by atoms with E-state index in [-0.39, 0.29) is 5.78 Å². The summed E-state index contributed by atoms with van der Waals surface area (Å²) in [6.07, 6.45) is 0. The summed E-state index contributed by atoms with van der Waals surface area (Å²) in [4.78, 5) is 12.3. The number of hydrogen-bond acceptors (Lipinski definition) is 3. The van der Waals surface area contributed by atoms with Crippen LogP contribution in [0.25, 0.3) is 0 Å². The van der Waals surface area contributed by atoms with Gasteiger partial charge in [0.2, 0.25) is 0 Å². The fraction of sp³-hybridized carbons (Fsp3) is 0.0714. The van der Waals surface area contributed by atoms with Crippen molar-refractivity contribution in [1.82, 2.24) is 0 Å². The van der Waals surface area contributed by atoms with Crippen LogP contribution < -0.4 is 10.5 Å². The number of carbonyl (C=O) groups is 1. The first-order valence-electron chi connectivity index (χ1n) is 5.46. The maximum absolute atomic E-state index is 12.3. The number of benzene rings is 2. The molecule has 0 radical (unpaired) electrons. The topological polar surface area (TPSA) is 52.3 Å². The Morgan fingerprint density at radius 2 is 1.84 bits per heavy atom. The zero-order valence-corrected chi connectivity index (χ0v) is 11.6. The van der Waals surface area contributed by atoms with Crippen molar-refractivity contribution in [3.05, 3.63) is 57.6 Å². The van der Waals surface area contributed by atoms with Gasteiger partial charge >= 0.3 is 0 Å². The smallest absolute Gasteiger partial charge is 0.194 e. The Morgan fingerprint density at radius 3 is 2.42 bits per heavy atom. The minimum Gasteiger partial charge on any atom is -0.495 e. The van der Waals surface area contributed by atoms with Crippen molar-refractivity contribution in [2.75, 3.05) is 12.8 Å². The second kappa shape index (κ2) is 5.51. The number of hydrogen-bond donors (Lipinski definition) is 1. The molecule has 3 nitrogen and oxygen atoms in total. The molecule has 98 valence electrons. The normalized spacial score (nSPS) is 10.3. The quantitative estimate of drug-likeness (QED) is 0.692. The SMILES string of the molecule is COc1ccc(C(=O)c2ccc(N)cc2Cl)cc1Cl. The standard InChI is InChI=1S/C14H11Cl2NO2/c1-19-13-5-2-8(6-12(13)16)14(18)10-4-3-9(17)7-11(10)15/h2-7H,17H2,1H3. The average Bonchev–Trinajstić information content (AvgIpc) is 2.38. The molecule has 2 rings (SSSR count). The van der Waals surface area contributed by atoms with Crippen LogP contribution >= 0.6 is 23.2 Å². The van der Waals surface area contributed by atoms with Crippen LogP contribution in [0.15, 0.2) is 36.4 Å². The van der Waals surface area contributed by atoms with Crippen LogP contribution in [0.1, 0.15) is 15.9 Å². The Morgan fingerprint density at radius 1 is 1.11 bits per heavy atom. The van der Waals surface area contributed by atoms with Gasteiger partial charge in [-0.2, -0.15) is 0 Å². The first-order chi connectivity index (χ1) is 9.02. The van der Waals surface area contributed by atoms with Gasteiger partial charge in [-0.3, -0.25) is 4.79 Å². The van der Waals surface area contributed by atoms with Crippen LogP contribution in [-0.2, 0) is 0 Å². The number of ketones is 1. The van der Waals surface area contributed by atoms with Crippen LogP contribution in [0.2, 0.25) is 10.0 Å². The molecule has 0 aliphatic carbocycles. The molecule has 0 amide bonds. The summed E-state index contributed by atoms with van der Waals surface area (Å²) in [5.41, 5.74) is 6.93.